The van der Waals surface area contributed by atoms with Gasteiger partial charge in [0.1, 0.15) is 23.7 Å². The second kappa shape index (κ2) is 9.90. The van der Waals surface area contributed by atoms with Gasteiger partial charge in [-0.2, -0.15) is 0 Å². The highest BCUT2D eigenvalue weighted by atomic mass is 16.5. The van der Waals surface area contributed by atoms with Crippen molar-refractivity contribution in [2.24, 2.45) is 0 Å². The van der Waals surface area contributed by atoms with Gasteiger partial charge in [0, 0.05) is 29.7 Å². The predicted octanol–water partition coefficient (Wildman–Crippen LogP) is 4.04. The standard InChI is InChI=1S/C24H23N5O5/c1-15-25-9-10-29(15)21-13-22(27-14-26-21)34-18-7-5-17(6-8-18)28-24(30)16-11-19(31-2)23(33-4)20(12-16)32-3/h5-14H,1-4H3,(H,28,30). The van der Waals surface area contributed by atoms with E-state index in [9.17, 15) is 4.79 Å². The maximum atomic E-state index is 12.8. The van der Waals surface area contributed by atoms with Crippen LogP contribution in [-0.2, 0) is 0 Å². The summed E-state index contributed by atoms with van der Waals surface area (Å²) in [6.07, 6.45) is 4.94. The topological polar surface area (TPSA) is 110 Å². The van der Waals surface area contributed by atoms with Gasteiger partial charge >= 0.3 is 0 Å². The Labute approximate surface area is 196 Å². The molecule has 0 aliphatic carbocycles. The predicted molar refractivity (Wildman–Crippen MR) is 124 cm³/mol. The maximum Gasteiger partial charge on any atom is 0.255 e. The number of imidazole rings is 1. The summed E-state index contributed by atoms with van der Waals surface area (Å²) in [6, 6.07) is 11.8. The van der Waals surface area contributed by atoms with Crippen molar-refractivity contribution in [2.75, 3.05) is 26.6 Å². The van der Waals surface area contributed by atoms with Crippen LogP contribution in [0.1, 0.15) is 16.2 Å². The Balaban J connectivity index is 1.47. The number of nitrogens with zero attached hydrogens (tertiary/aromatic N) is 4. The Morgan fingerprint density at radius 3 is 2.21 bits per heavy atom. The maximum absolute atomic E-state index is 12.8. The lowest BCUT2D eigenvalue weighted by Gasteiger charge is -2.14. The molecule has 34 heavy (non-hydrogen) atoms. The molecule has 1 N–H and O–H groups in total. The average Bonchev–Trinajstić information content (AvgIpc) is 3.30. The molecule has 2 heterocycles. The fraction of sp³-hybridized carbons (Fsp3) is 0.167. The summed E-state index contributed by atoms with van der Waals surface area (Å²) in [5.74, 6) is 3.26. The molecular formula is C24H23N5O5. The molecule has 174 valence electrons. The number of aryl methyl sites for hydroxylation is 1. The molecule has 4 rings (SSSR count). The molecule has 0 atom stereocenters. The summed E-state index contributed by atoms with van der Waals surface area (Å²) in [6.45, 7) is 1.88. The second-order valence-electron chi connectivity index (χ2n) is 7.05. The zero-order valence-electron chi connectivity index (χ0n) is 19.1. The van der Waals surface area contributed by atoms with Gasteiger partial charge in [-0.3, -0.25) is 9.36 Å². The van der Waals surface area contributed by atoms with Crippen LogP contribution >= 0.6 is 0 Å². The molecule has 0 unspecified atom stereocenters. The third-order valence-electron chi connectivity index (χ3n) is 4.96. The van der Waals surface area contributed by atoms with Gasteiger partial charge in [0.2, 0.25) is 11.6 Å². The lowest BCUT2D eigenvalue weighted by atomic mass is 10.1. The quantitative estimate of drug-likeness (QED) is 0.419. The molecule has 0 aliphatic heterocycles. The highest BCUT2D eigenvalue weighted by Crippen LogP contribution is 2.38. The lowest BCUT2D eigenvalue weighted by Crippen LogP contribution is -2.12. The molecule has 0 aliphatic rings. The zero-order valence-corrected chi connectivity index (χ0v) is 19.1. The van der Waals surface area contributed by atoms with E-state index in [1.807, 2.05) is 17.7 Å². The van der Waals surface area contributed by atoms with Crippen LogP contribution in [0, 0.1) is 6.92 Å². The number of carbonyl (C=O) groups excluding carboxylic acids is 1. The molecule has 4 aromatic rings. The van der Waals surface area contributed by atoms with E-state index in [0.29, 0.717) is 45.9 Å². The molecule has 2 aromatic heterocycles. The summed E-state index contributed by atoms with van der Waals surface area (Å²) >= 11 is 0. The van der Waals surface area contributed by atoms with Gasteiger partial charge in [-0.1, -0.05) is 0 Å². The van der Waals surface area contributed by atoms with Crippen molar-refractivity contribution in [2.45, 2.75) is 6.92 Å². The van der Waals surface area contributed by atoms with E-state index in [4.69, 9.17) is 18.9 Å². The van der Waals surface area contributed by atoms with Crippen molar-refractivity contribution >= 4 is 11.6 Å². The van der Waals surface area contributed by atoms with E-state index in [1.165, 1.54) is 27.7 Å². The van der Waals surface area contributed by atoms with Gasteiger partial charge in [-0.15, -0.1) is 0 Å². The largest absolute Gasteiger partial charge is 0.493 e. The van der Waals surface area contributed by atoms with Crippen molar-refractivity contribution in [1.82, 2.24) is 19.5 Å². The molecule has 10 nitrogen and oxygen atoms in total. The number of benzene rings is 2. The summed E-state index contributed by atoms with van der Waals surface area (Å²) in [4.78, 5) is 25.4. The molecular weight excluding hydrogens is 438 g/mol. The van der Waals surface area contributed by atoms with Crippen LogP contribution in [0.25, 0.3) is 5.82 Å². The van der Waals surface area contributed by atoms with Crippen molar-refractivity contribution in [3.05, 3.63) is 72.6 Å². The molecule has 0 fully saturated rings. The van der Waals surface area contributed by atoms with Gasteiger partial charge in [0.15, 0.2) is 11.5 Å². The van der Waals surface area contributed by atoms with E-state index in [-0.39, 0.29) is 5.91 Å². The number of anilines is 1. The number of methoxy groups -OCH3 is 3. The van der Waals surface area contributed by atoms with Crippen LogP contribution in [0.15, 0.2) is 61.2 Å². The fourth-order valence-electron chi connectivity index (χ4n) is 3.28. The smallest absolute Gasteiger partial charge is 0.255 e. The Morgan fingerprint density at radius 2 is 1.62 bits per heavy atom. The fourth-order valence-corrected chi connectivity index (χ4v) is 3.28. The first-order valence-corrected chi connectivity index (χ1v) is 10.2. The number of amides is 1. The van der Waals surface area contributed by atoms with Crippen LogP contribution in [-0.4, -0.2) is 46.8 Å². The van der Waals surface area contributed by atoms with E-state index in [2.05, 4.69) is 20.3 Å². The van der Waals surface area contributed by atoms with Crippen molar-refractivity contribution in [3.63, 3.8) is 0 Å². The SMILES string of the molecule is COc1cc(C(=O)Nc2ccc(Oc3cc(-n4ccnc4C)ncn3)cc2)cc(OC)c1OC. The Morgan fingerprint density at radius 1 is 0.912 bits per heavy atom. The number of aromatic nitrogens is 4. The molecule has 0 saturated carbocycles. The minimum Gasteiger partial charge on any atom is -0.493 e. The van der Waals surface area contributed by atoms with Gasteiger partial charge in [0.25, 0.3) is 5.91 Å². The average molecular weight is 461 g/mol. The normalized spacial score (nSPS) is 10.5. The van der Waals surface area contributed by atoms with Crippen molar-refractivity contribution in [1.29, 1.82) is 0 Å². The minimum atomic E-state index is -0.330. The van der Waals surface area contributed by atoms with Gasteiger partial charge < -0.3 is 24.3 Å². The van der Waals surface area contributed by atoms with E-state index in [0.717, 1.165) is 5.82 Å². The van der Waals surface area contributed by atoms with Gasteiger partial charge in [0.05, 0.1) is 21.3 Å². The Bertz CT molecular complexity index is 1280. The highest BCUT2D eigenvalue weighted by Gasteiger charge is 2.17. The molecule has 0 bridgehead atoms. The number of carbonyl (C=O) groups is 1. The van der Waals surface area contributed by atoms with E-state index < -0.39 is 0 Å². The zero-order chi connectivity index (χ0) is 24.1. The van der Waals surface area contributed by atoms with Crippen molar-refractivity contribution < 1.29 is 23.7 Å². The third kappa shape index (κ3) is 4.75. The Kier molecular flexibility index (Phi) is 6.58. The van der Waals surface area contributed by atoms with Gasteiger partial charge in [-0.25, -0.2) is 15.0 Å². The molecule has 10 heteroatoms. The van der Waals surface area contributed by atoms with Gasteiger partial charge in [-0.05, 0) is 43.3 Å². The minimum absolute atomic E-state index is 0.330. The summed E-state index contributed by atoms with van der Waals surface area (Å²) in [5.41, 5.74) is 0.946. The number of nitrogens with one attached hydrogen (secondary N) is 1. The second-order valence-corrected chi connectivity index (χ2v) is 7.05. The molecule has 2 aromatic carbocycles. The number of rotatable bonds is 8. The molecule has 0 radical (unpaired) electrons. The van der Waals surface area contributed by atoms with Crippen LogP contribution < -0.4 is 24.3 Å². The summed E-state index contributed by atoms with van der Waals surface area (Å²) < 4.78 is 23.6. The third-order valence-corrected chi connectivity index (χ3v) is 4.96. The molecule has 1 amide bonds. The van der Waals surface area contributed by atoms with E-state index >= 15 is 0 Å². The first-order valence-electron chi connectivity index (χ1n) is 10.2. The monoisotopic (exact) mass is 461 g/mol. The highest BCUT2D eigenvalue weighted by molar-refractivity contribution is 6.05. The first kappa shape index (κ1) is 22.6. The number of hydrogen-bond donors (Lipinski definition) is 1. The molecule has 0 spiro atoms. The molecule has 0 saturated heterocycles. The van der Waals surface area contributed by atoms with Crippen LogP contribution in [0.2, 0.25) is 0 Å². The number of ether oxygens (including phenoxy) is 4. The lowest BCUT2D eigenvalue weighted by molar-refractivity contribution is 0.102. The first-order chi connectivity index (χ1) is 16.5. The van der Waals surface area contributed by atoms with Crippen LogP contribution in [0.4, 0.5) is 5.69 Å². The summed E-state index contributed by atoms with van der Waals surface area (Å²) in [7, 11) is 4.49. The number of hydrogen-bond acceptors (Lipinski definition) is 8. The van der Waals surface area contributed by atoms with Crippen molar-refractivity contribution in [3.8, 4) is 34.7 Å². The van der Waals surface area contributed by atoms with E-state index in [1.54, 1.807) is 48.7 Å². The van der Waals surface area contributed by atoms with Crippen LogP contribution in [0.3, 0.4) is 0 Å². The Hall–Kier alpha value is -4.60. The summed E-state index contributed by atoms with van der Waals surface area (Å²) in [5, 5.41) is 2.84. The van der Waals surface area contributed by atoms with Crippen LogP contribution in [0.5, 0.6) is 28.9 Å².